The summed E-state index contributed by atoms with van der Waals surface area (Å²) in [4.78, 5) is 0. The lowest BCUT2D eigenvalue weighted by Gasteiger charge is -1.86. The van der Waals surface area contributed by atoms with Crippen molar-refractivity contribution in [1.82, 2.24) is 0 Å². The molecule has 0 unspecified atom stereocenters. The van der Waals surface area contributed by atoms with Crippen LogP contribution in [0.15, 0.2) is 0 Å². The molecule has 0 fully saturated rings. The minimum Gasteiger partial charge on any atom is -0.397 e. The van der Waals surface area contributed by atoms with E-state index < -0.39 is 0 Å². The third kappa shape index (κ3) is 293. The zero-order valence-electron chi connectivity index (χ0n) is 36.6. The maximum atomic E-state index is 7.57. The van der Waals surface area contributed by atoms with Gasteiger partial charge < -0.3 is 47.7 Å². The quantitative estimate of drug-likeness (QED) is 0.148. The molecule has 0 atom stereocenters. The molecule has 0 aliphatic rings. The molecule has 0 heterocycles. The summed E-state index contributed by atoms with van der Waals surface area (Å²) in [5.74, 6) is 0. The van der Waals surface area contributed by atoms with E-state index in [-0.39, 0.29) is 6.61 Å². The summed E-state index contributed by atoms with van der Waals surface area (Å²) in [6.07, 6.45) is 0. The topological polar surface area (TPSA) is 103 Å². The fourth-order valence-corrected chi connectivity index (χ4v) is 1.84. The van der Waals surface area contributed by atoms with E-state index in [9.17, 15) is 0 Å². The maximum absolute atomic E-state index is 7.57. The molecule has 0 aromatic rings. The Morgan fingerprint density at radius 2 is 0.229 bits per heavy atom. The second kappa shape index (κ2) is 127. The van der Waals surface area contributed by atoms with E-state index in [2.05, 4.69) is 0 Å². The molecule has 48 heavy (non-hydrogen) atoms. The second-order valence-corrected chi connectivity index (χ2v) is 7.35. The van der Waals surface area contributed by atoms with Gasteiger partial charge >= 0.3 is 0 Å². The summed E-state index contributed by atoms with van der Waals surface area (Å²) in [6, 6.07) is 0. The molecule has 1 N–H and O–H groups in total. The van der Waals surface area contributed by atoms with Gasteiger partial charge in [-0.3, -0.25) is 0 Å². The maximum Gasteiger partial charge on any atom is 0.0437 e. The number of aliphatic hydroxyl groups excluding tert-OH is 1. The van der Waals surface area contributed by atoms with E-state index in [1.54, 1.807) is 6.92 Å². The SMILES string of the molecule is CCO.CCOCC.CCOCC.CCOCC.CCOCC.CCOCC.CCOCC.CCOCC.CCOCC.CCOCC. The van der Waals surface area contributed by atoms with Crippen LogP contribution in [-0.2, 0) is 42.6 Å². The molecule has 0 amide bonds. The van der Waals surface area contributed by atoms with Gasteiger partial charge in [0.25, 0.3) is 0 Å². The highest BCUT2D eigenvalue weighted by atomic mass is 16.5. The van der Waals surface area contributed by atoms with Crippen LogP contribution in [0.1, 0.15) is 132 Å². The highest BCUT2D eigenvalue weighted by Gasteiger charge is 1.67. The van der Waals surface area contributed by atoms with E-state index in [0.29, 0.717) is 0 Å². The van der Waals surface area contributed by atoms with Crippen LogP contribution in [0.4, 0.5) is 0 Å². The van der Waals surface area contributed by atoms with Crippen molar-refractivity contribution in [3.05, 3.63) is 0 Å². The van der Waals surface area contributed by atoms with Crippen molar-refractivity contribution in [1.29, 1.82) is 0 Å². The van der Waals surface area contributed by atoms with E-state index in [4.69, 9.17) is 47.7 Å². The van der Waals surface area contributed by atoms with Crippen LogP contribution in [0.25, 0.3) is 0 Å². The van der Waals surface area contributed by atoms with E-state index in [1.807, 2.05) is 125 Å². The molecule has 0 rings (SSSR count). The van der Waals surface area contributed by atoms with Crippen molar-refractivity contribution in [2.45, 2.75) is 132 Å². The van der Waals surface area contributed by atoms with Gasteiger partial charge in [-0.05, 0) is 132 Å². The van der Waals surface area contributed by atoms with Crippen molar-refractivity contribution < 1.29 is 47.7 Å². The molecule has 0 radical (unpaired) electrons. The van der Waals surface area contributed by atoms with Crippen LogP contribution >= 0.6 is 0 Å². The second-order valence-electron chi connectivity index (χ2n) is 7.35. The average Bonchev–Trinajstić information content (AvgIpc) is 3.07. The highest BCUT2D eigenvalue weighted by Crippen LogP contribution is 1.68. The predicted octanol–water partition coefficient (Wildman–Crippen LogP) is 9.38. The Hall–Kier alpha value is -0.400. The Morgan fingerprint density at radius 3 is 0.229 bits per heavy atom. The third-order valence-electron chi connectivity index (χ3n) is 3.67. The third-order valence-corrected chi connectivity index (χ3v) is 3.67. The van der Waals surface area contributed by atoms with Crippen molar-refractivity contribution >= 4 is 0 Å². The molecule has 0 aromatic carbocycles. The molecular weight excluding hydrogens is 616 g/mol. The minimum atomic E-state index is 0.250. The van der Waals surface area contributed by atoms with E-state index in [1.165, 1.54) is 0 Å². The normalized spacial score (nSPS) is 8.25. The standard InChI is InChI=1S/9C4H10O.C2H6O/c9*1-3-5-4-2;1-2-3/h9*3-4H2,1-2H3;3H,2H2,1H3. The minimum absolute atomic E-state index is 0.250. The van der Waals surface area contributed by atoms with Gasteiger partial charge in [-0.25, -0.2) is 0 Å². The molecule has 0 saturated carbocycles. The van der Waals surface area contributed by atoms with E-state index >= 15 is 0 Å². The monoisotopic (exact) mass is 713 g/mol. The van der Waals surface area contributed by atoms with Gasteiger partial charge in [-0.2, -0.15) is 0 Å². The Kier molecular flexibility index (Phi) is 194. The van der Waals surface area contributed by atoms with Gasteiger partial charge in [-0.15, -0.1) is 0 Å². The number of hydrogen-bond donors (Lipinski definition) is 1. The first-order chi connectivity index (χ1) is 23.1. The first kappa shape index (κ1) is 73.1. The zero-order valence-corrected chi connectivity index (χ0v) is 36.6. The molecule has 0 aromatic heterocycles. The number of hydrogen-bond acceptors (Lipinski definition) is 10. The molecule has 10 heteroatoms. The Morgan fingerprint density at radius 1 is 0.188 bits per heavy atom. The van der Waals surface area contributed by atoms with Gasteiger partial charge in [0.2, 0.25) is 0 Å². The summed E-state index contributed by atoms with van der Waals surface area (Å²) in [5, 5.41) is 7.57. The Labute approximate surface area is 304 Å². The Balaban J connectivity index is -0.0000000419. The molecule has 0 saturated heterocycles. The van der Waals surface area contributed by atoms with E-state index in [0.717, 1.165) is 119 Å². The highest BCUT2D eigenvalue weighted by molar-refractivity contribution is 4.11. The van der Waals surface area contributed by atoms with Crippen molar-refractivity contribution in [3.8, 4) is 0 Å². The Bertz CT molecular complexity index is 201. The lowest BCUT2D eigenvalue weighted by atomic mass is 10.8. The lowest BCUT2D eigenvalue weighted by Crippen LogP contribution is -1.84. The average molecular weight is 713 g/mol. The molecular formula is C38H96O10. The largest absolute Gasteiger partial charge is 0.397 e. The lowest BCUT2D eigenvalue weighted by molar-refractivity contribution is 0.162. The van der Waals surface area contributed by atoms with Crippen molar-refractivity contribution in [2.24, 2.45) is 0 Å². The van der Waals surface area contributed by atoms with Crippen LogP contribution in [0.3, 0.4) is 0 Å². The van der Waals surface area contributed by atoms with Crippen LogP contribution in [0.5, 0.6) is 0 Å². The van der Waals surface area contributed by atoms with Crippen LogP contribution in [0.2, 0.25) is 0 Å². The molecule has 0 spiro atoms. The van der Waals surface area contributed by atoms with Crippen LogP contribution < -0.4 is 0 Å². The number of aliphatic hydroxyl groups is 1. The zero-order chi connectivity index (χ0) is 39.8. The van der Waals surface area contributed by atoms with Crippen molar-refractivity contribution in [2.75, 3.05) is 126 Å². The molecule has 0 aliphatic carbocycles. The fraction of sp³-hybridized carbons (Fsp3) is 1.00. The molecule has 308 valence electrons. The molecule has 10 nitrogen and oxygen atoms in total. The van der Waals surface area contributed by atoms with Crippen LogP contribution in [0, 0.1) is 0 Å². The fourth-order valence-electron chi connectivity index (χ4n) is 1.84. The summed E-state index contributed by atoms with van der Waals surface area (Å²) >= 11 is 0. The number of ether oxygens (including phenoxy) is 9. The van der Waals surface area contributed by atoms with Gasteiger partial charge in [0.15, 0.2) is 0 Å². The molecule has 0 aliphatic heterocycles. The van der Waals surface area contributed by atoms with Gasteiger partial charge in [0, 0.05) is 126 Å². The predicted molar refractivity (Wildman–Crippen MR) is 212 cm³/mol. The summed E-state index contributed by atoms with van der Waals surface area (Å²) < 4.78 is 43.5. The first-order valence-corrected chi connectivity index (χ1v) is 18.9. The van der Waals surface area contributed by atoms with Crippen molar-refractivity contribution in [3.63, 3.8) is 0 Å². The summed E-state index contributed by atoms with van der Waals surface area (Å²) in [7, 11) is 0. The van der Waals surface area contributed by atoms with Crippen LogP contribution in [-0.4, -0.2) is 131 Å². The number of rotatable bonds is 18. The smallest absolute Gasteiger partial charge is 0.0437 e. The summed E-state index contributed by atoms with van der Waals surface area (Å²) in [5.41, 5.74) is 0. The summed E-state index contributed by atoms with van der Waals surface area (Å²) in [6.45, 7) is 52.9. The molecule has 0 bridgehead atoms. The first-order valence-electron chi connectivity index (χ1n) is 18.9. The van der Waals surface area contributed by atoms with Gasteiger partial charge in [0.05, 0.1) is 0 Å². The van der Waals surface area contributed by atoms with Gasteiger partial charge in [0.1, 0.15) is 0 Å². The van der Waals surface area contributed by atoms with Gasteiger partial charge in [-0.1, -0.05) is 0 Å².